The van der Waals surface area contributed by atoms with Gasteiger partial charge in [-0.3, -0.25) is 0 Å². The van der Waals surface area contributed by atoms with Crippen LogP contribution in [0.1, 0.15) is 25.6 Å². The van der Waals surface area contributed by atoms with Gasteiger partial charge in [0.2, 0.25) is 0 Å². The van der Waals surface area contributed by atoms with Crippen molar-refractivity contribution >= 4 is 57.3 Å². The third-order valence-corrected chi connectivity index (χ3v) is 3.60. The lowest BCUT2D eigenvalue weighted by Crippen LogP contribution is -2.02. The molecule has 0 radical (unpaired) electrons. The topological polar surface area (TPSA) is 37.8 Å². The molecule has 19 heavy (non-hydrogen) atoms. The fourth-order valence-corrected chi connectivity index (χ4v) is 2.58. The average molecular weight is 408 g/mol. The van der Waals surface area contributed by atoms with Crippen LogP contribution in [0.3, 0.4) is 0 Å². The van der Waals surface area contributed by atoms with E-state index in [-0.39, 0.29) is 5.92 Å². The first-order chi connectivity index (χ1) is 8.95. The first-order valence-electron chi connectivity index (χ1n) is 5.72. The smallest absolute Gasteiger partial charge is 0.135 e. The van der Waals surface area contributed by atoms with Crippen LogP contribution in [-0.2, 0) is 0 Å². The maximum Gasteiger partial charge on any atom is 0.135 e. The third kappa shape index (κ3) is 3.94. The van der Waals surface area contributed by atoms with Gasteiger partial charge in [-0.05, 0) is 40.8 Å². The van der Waals surface area contributed by atoms with Crippen molar-refractivity contribution in [2.75, 3.05) is 5.32 Å². The lowest BCUT2D eigenvalue weighted by Gasteiger charge is -2.11. The second-order valence-electron chi connectivity index (χ2n) is 4.34. The molecule has 0 saturated carbocycles. The number of hydrogen-bond donors (Lipinski definition) is 1. The Morgan fingerprint density at radius 1 is 1.16 bits per heavy atom. The van der Waals surface area contributed by atoms with E-state index in [1.54, 1.807) is 6.07 Å². The second kappa shape index (κ2) is 6.24. The molecule has 0 spiro atoms. The van der Waals surface area contributed by atoms with Crippen LogP contribution < -0.4 is 5.32 Å². The number of hydrogen-bond acceptors (Lipinski definition) is 3. The monoisotopic (exact) mass is 407 g/mol. The van der Waals surface area contributed by atoms with Gasteiger partial charge in [-0.1, -0.05) is 37.0 Å². The van der Waals surface area contributed by atoms with Crippen molar-refractivity contribution in [3.63, 3.8) is 0 Å². The number of anilines is 2. The molecule has 100 valence electrons. The van der Waals surface area contributed by atoms with Crippen LogP contribution in [0, 0.1) is 3.57 Å². The minimum Gasteiger partial charge on any atom is -0.339 e. The van der Waals surface area contributed by atoms with Gasteiger partial charge in [0.15, 0.2) is 0 Å². The zero-order valence-corrected chi connectivity index (χ0v) is 14.1. The molecule has 2 rings (SSSR count). The predicted octanol–water partition coefficient (Wildman–Crippen LogP) is 5.26. The molecule has 0 aliphatic heterocycles. The standard InChI is InChI=1S/C13H12Cl2IN3/c1-7(2)13-18-11(15)6-12(19-13)17-10-4-3-8(16)5-9(10)14/h3-7H,1-2H3,(H,17,18,19). The Labute approximate surface area is 135 Å². The number of aromatic nitrogens is 2. The Morgan fingerprint density at radius 2 is 1.89 bits per heavy atom. The van der Waals surface area contributed by atoms with Gasteiger partial charge in [-0.25, -0.2) is 9.97 Å². The molecule has 6 heteroatoms. The Hall–Kier alpha value is -0.590. The maximum absolute atomic E-state index is 6.18. The first-order valence-corrected chi connectivity index (χ1v) is 7.55. The zero-order valence-electron chi connectivity index (χ0n) is 10.4. The Balaban J connectivity index is 2.32. The molecule has 0 bridgehead atoms. The number of benzene rings is 1. The highest BCUT2D eigenvalue weighted by Gasteiger charge is 2.08. The minimum atomic E-state index is 0.214. The Morgan fingerprint density at radius 3 is 2.53 bits per heavy atom. The molecular formula is C13H12Cl2IN3. The number of nitrogens with one attached hydrogen (secondary N) is 1. The molecule has 0 unspecified atom stereocenters. The minimum absolute atomic E-state index is 0.214. The molecule has 2 aromatic rings. The van der Waals surface area contributed by atoms with Crippen LogP contribution in [-0.4, -0.2) is 9.97 Å². The van der Waals surface area contributed by atoms with Crippen LogP contribution in [0.4, 0.5) is 11.5 Å². The molecule has 1 N–H and O–H groups in total. The number of rotatable bonds is 3. The maximum atomic E-state index is 6.18. The highest BCUT2D eigenvalue weighted by atomic mass is 127. The van der Waals surface area contributed by atoms with Crippen molar-refractivity contribution in [3.05, 3.63) is 43.8 Å². The normalized spacial score (nSPS) is 10.8. The van der Waals surface area contributed by atoms with Gasteiger partial charge in [0.1, 0.15) is 16.8 Å². The van der Waals surface area contributed by atoms with Crippen molar-refractivity contribution in [2.45, 2.75) is 19.8 Å². The summed E-state index contributed by atoms with van der Waals surface area (Å²) in [6, 6.07) is 7.45. The van der Waals surface area contributed by atoms with Crippen LogP contribution in [0.25, 0.3) is 0 Å². The lowest BCUT2D eigenvalue weighted by molar-refractivity contribution is 0.776. The summed E-state index contributed by atoms with van der Waals surface area (Å²) in [5, 5.41) is 4.23. The summed E-state index contributed by atoms with van der Waals surface area (Å²) in [4.78, 5) is 8.62. The van der Waals surface area contributed by atoms with Gasteiger partial charge in [-0.2, -0.15) is 0 Å². The molecule has 0 amide bonds. The van der Waals surface area contributed by atoms with Crippen LogP contribution in [0.15, 0.2) is 24.3 Å². The van der Waals surface area contributed by atoms with Crippen molar-refractivity contribution in [1.29, 1.82) is 0 Å². The summed E-state index contributed by atoms with van der Waals surface area (Å²) < 4.78 is 1.08. The molecule has 0 aliphatic rings. The molecule has 0 aliphatic carbocycles. The zero-order chi connectivity index (χ0) is 14.0. The van der Waals surface area contributed by atoms with Gasteiger partial charge < -0.3 is 5.32 Å². The van der Waals surface area contributed by atoms with E-state index in [0.717, 1.165) is 9.26 Å². The number of nitrogens with zero attached hydrogens (tertiary/aromatic N) is 2. The van der Waals surface area contributed by atoms with Gasteiger partial charge in [0, 0.05) is 15.6 Å². The molecule has 0 fully saturated rings. The van der Waals surface area contributed by atoms with Crippen molar-refractivity contribution in [1.82, 2.24) is 9.97 Å². The van der Waals surface area contributed by atoms with Gasteiger partial charge in [0.25, 0.3) is 0 Å². The van der Waals surface area contributed by atoms with E-state index in [4.69, 9.17) is 23.2 Å². The largest absolute Gasteiger partial charge is 0.339 e. The van der Waals surface area contributed by atoms with Crippen molar-refractivity contribution in [2.24, 2.45) is 0 Å². The van der Waals surface area contributed by atoms with Gasteiger partial charge in [0.05, 0.1) is 10.7 Å². The SMILES string of the molecule is CC(C)c1nc(Cl)cc(Nc2ccc(I)cc2Cl)n1. The highest BCUT2D eigenvalue weighted by Crippen LogP contribution is 2.27. The molecule has 0 saturated heterocycles. The summed E-state index contributed by atoms with van der Waals surface area (Å²) in [6.45, 7) is 4.04. The quantitative estimate of drug-likeness (QED) is 0.557. The average Bonchev–Trinajstić information content (AvgIpc) is 2.32. The van der Waals surface area contributed by atoms with E-state index < -0.39 is 0 Å². The van der Waals surface area contributed by atoms with Crippen molar-refractivity contribution < 1.29 is 0 Å². The summed E-state index contributed by atoms with van der Waals surface area (Å²) in [6.07, 6.45) is 0. The molecular weight excluding hydrogens is 396 g/mol. The predicted molar refractivity (Wildman–Crippen MR) is 88.6 cm³/mol. The van der Waals surface area contributed by atoms with E-state index in [2.05, 4.69) is 37.9 Å². The summed E-state index contributed by atoms with van der Waals surface area (Å²) in [5.74, 6) is 1.56. The fourth-order valence-electron chi connectivity index (χ4n) is 1.49. The first kappa shape index (κ1) is 14.8. The van der Waals surface area contributed by atoms with E-state index in [0.29, 0.717) is 21.8 Å². The Bertz CT molecular complexity index is 602. The van der Waals surface area contributed by atoms with Crippen molar-refractivity contribution in [3.8, 4) is 0 Å². The lowest BCUT2D eigenvalue weighted by atomic mass is 10.2. The van der Waals surface area contributed by atoms with E-state index in [9.17, 15) is 0 Å². The van der Waals surface area contributed by atoms with E-state index in [1.807, 2.05) is 32.0 Å². The van der Waals surface area contributed by atoms with E-state index >= 15 is 0 Å². The third-order valence-electron chi connectivity index (χ3n) is 2.42. The molecule has 0 atom stereocenters. The second-order valence-corrected chi connectivity index (χ2v) is 6.38. The van der Waals surface area contributed by atoms with E-state index in [1.165, 1.54) is 0 Å². The van der Waals surface area contributed by atoms with Crippen LogP contribution in [0.5, 0.6) is 0 Å². The molecule has 1 aromatic carbocycles. The van der Waals surface area contributed by atoms with Gasteiger partial charge >= 0.3 is 0 Å². The van der Waals surface area contributed by atoms with Crippen LogP contribution in [0.2, 0.25) is 10.2 Å². The van der Waals surface area contributed by atoms with Crippen LogP contribution >= 0.6 is 45.8 Å². The molecule has 1 aromatic heterocycles. The summed E-state index contributed by atoms with van der Waals surface area (Å²) in [7, 11) is 0. The number of halogens is 3. The summed E-state index contributed by atoms with van der Waals surface area (Å²) >= 11 is 14.4. The molecule has 3 nitrogen and oxygen atoms in total. The highest BCUT2D eigenvalue weighted by molar-refractivity contribution is 14.1. The summed E-state index contributed by atoms with van der Waals surface area (Å²) in [5.41, 5.74) is 0.798. The van der Waals surface area contributed by atoms with Gasteiger partial charge in [-0.15, -0.1) is 0 Å². The fraction of sp³-hybridized carbons (Fsp3) is 0.231. The Kier molecular flexibility index (Phi) is 4.86. The molecule has 1 heterocycles.